The summed E-state index contributed by atoms with van der Waals surface area (Å²) in [4.78, 5) is 28.0. The van der Waals surface area contributed by atoms with Crippen molar-refractivity contribution < 1.29 is 31.6 Å². The Morgan fingerprint density at radius 2 is 1.94 bits per heavy atom. The number of furan rings is 1. The molecule has 13 heteroatoms. The van der Waals surface area contributed by atoms with Crippen LogP contribution in [-0.2, 0) is 21.4 Å². The van der Waals surface area contributed by atoms with E-state index in [0.29, 0.717) is 28.3 Å². The number of imide groups is 1. The number of nitrogens with one attached hydrogen (secondary N) is 3. The minimum Gasteiger partial charge on any atom is -0.495 e. The standard InChI is InChI=1S/C22H20N4O7S2/c1-31-18-7-3-2-6-16(18)26-35(29,30)15-8-9-19-17(11-15)24-22(33-19)34-13-20(27)25-21(28)23-12-14-5-4-10-32-14/h2-11,26H,12-13H2,1H3,(H2,23,25,27,28). The van der Waals surface area contributed by atoms with Crippen molar-refractivity contribution in [2.45, 2.75) is 16.7 Å². The molecule has 4 rings (SSSR count). The number of benzene rings is 2. The van der Waals surface area contributed by atoms with E-state index in [-0.39, 0.29) is 22.4 Å². The van der Waals surface area contributed by atoms with Gasteiger partial charge in [0.2, 0.25) is 5.91 Å². The molecule has 0 unspecified atom stereocenters. The minimum atomic E-state index is -3.92. The molecule has 11 nitrogen and oxygen atoms in total. The van der Waals surface area contributed by atoms with Crippen LogP contribution in [0.1, 0.15) is 5.76 Å². The molecule has 0 spiro atoms. The molecule has 0 aliphatic carbocycles. The molecule has 2 aromatic carbocycles. The maximum atomic E-state index is 12.8. The third-order valence-electron chi connectivity index (χ3n) is 4.58. The third kappa shape index (κ3) is 6.13. The molecule has 0 radical (unpaired) electrons. The molecule has 3 N–H and O–H groups in total. The van der Waals surface area contributed by atoms with E-state index in [2.05, 4.69) is 20.3 Å². The molecule has 0 bridgehead atoms. The summed E-state index contributed by atoms with van der Waals surface area (Å²) in [6, 6.07) is 13.6. The van der Waals surface area contributed by atoms with Gasteiger partial charge in [0.25, 0.3) is 15.2 Å². The van der Waals surface area contributed by atoms with E-state index >= 15 is 0 Å². The van der Waals surface area contributed by atoms with Crippen molar-refractivity contribution in [1.29, 1.82) is 0 Å². The van der Waals surface area contributed by atoms with Gasteiger partial charge in [-0.3, -0.25) is 14.8 Å². The topological polar surface area (TPSA) is 153 Å². The van der Waals surface area contributed by atoms with Gasteiger partial charge in [0.1, 0.15) is 17.0 Å². The van der Waals surface area contributed by atoms with E-state index in [4.69, 9.17) is 13.6 Å². The number of amides is 3. The van der Waals surface area contributed by atoms with Gasteiger partial charge in [-0.2, -0.15) is 0 Å². The van der Waals surface area contributed by atoms with Crippen molar-refractivity contribution in [3.63, 3.8) is 0 Å². The van der Waals surface area contributed by atoms with Crippen molar-refractivity contribution >= 4 is 50.5 Å². The summed E-state index contributed by atoms with van der Waals surface area (Å²) in [6.45, 7) is 0.140. The average molecular weight is 517 g/mol. The number of aromatic nitrogens is 1. The fourth-order valence-electron chi connectivity index (χ4n) is 2.96. The fraction of sp³-hybridized carbons (Fsp3) is 0.136. The predicted octanol–water partition coefficient (Wildman–Crippen LogP) is 3.35. The molecule has 35 heavy (non-hydrogen) atoms. The molecule has 0 saturated heterocycles. The summed E-state index contributed by atoms with van der Waals surface area (Å²) in [5, 5.41) is 4.84. The first-order valence-electron chi connectivity index (χ1n) is 10.1. The van der Waals surface area contributed by atoms with Crippen LogP contribution in [0, 0.1) is 0 Å². The Bertz CT molecular complexity index is 1450. The number of thioether (sulfide) groups is 1. The van der Waals surface area contributed by atoms with E-state index in [1.54, 1.807) is 36.4 Å². The van der Waals surface area contributed by atoms with Crippen molar-refractivity contribution in [2.24, 2.45) is 0 Å². The first-order chi connectivity index (χ1) is 16.8. The highest BCUT2D eigenvalue weighted by Gasteiger charge is 2.19. The molecule has 0 fully saturated rings. The van der Waals surface area contributed by atoms with Crippen molar-refractivity contribution in [3.05, 3.63) is 66.6 Å². The van der Waals surface area contributed by atoms with E-state index in [1.807, 2.05) is 0 Å². The second kappa shape index (κ2) is 10.5. The summed E-state index contributed by atoms with van der Waals surface area (Å²) >= 11 is 0.963. The summed E-state index contributed by atoms with van der Waals surface area (Å²) < 4.78 is 44.0. The number of hydrogen-bond donors (Lipinski definition) is 3. The van der Waals surface area contributed by atoms with Crippen LogP contribution >= 0.6 is 11.8 Å². The Balaban J connectivity index is 1.36. The number of rotatable bonds is 9. The summed E-state index contributed by atoms with van der Waals surface area (Å²) in [5.41, 5.74) is 0.943. The van der Waals surface area contributed by atoms with Crippen molar-refractivity contribution in [3.8, 4) is 5.75 Å². The number of methoxy groups -OCH3 is 1. The smallest absolute Gasteiger partial charge is 0.321 e. The molecule has 0 atom stereocenters. The lowest BCUT2D eigenvalue weighted by atomic mass is 10.3. The number of sulfonamides is 1. The molecular formula is C22H20N4O7S2. The quantitative estimate of drug-likeness (QED) is 0.284. The number of urea groups is 1. The number of para-hydroxylation sites is 2. The van der Waals surface area contributed by atoms with Crippen LogP contribution in [0.2, 0.25) is 0 Å². The number of ether oxygens (including phenoxy) is 1. The van der Waals surface area contributed by atoms with Gasteiger partial charge >= 0.3 is 6.03 Å². The average Bonchev–Trinajstić information content (AvgIpc) is 3.50. The number of anilines is 1. The largest absolute Gasteiger partial charge is 0.495 e. The van der Waals surface area contributed by atoms with E-state index in [9.17, 15) is 18.0 Å². The Kier molecular flexibility index (Phi) is 7.27. The lowest BCUT2D eigenvalue weighted by Crippen LogP contribution is -2.39. The number of nitrogens with zero attached hydrogens (tertiary/aromatic N) is 1. The van der Waals surface area contributed by atoms with Crippen LogP contribution in [0.15, 0.2) is 79.8 Å². The zero-order valence-electron chi connectivity index (χ0n) is 18.3. The monoisotopic (exact) mass is 516 g/mol. The fourth-order valence-corrected chi connectivity index (χ4v) is 4.69. The van der Waals surface area contributed by atoms with Crippen LogP contribution in [0.5, 0.6) is 5.75 Å². The first-order valence-corrected chi connectivity index (χ1v) is 12.6. The van der Waals surface area contributed by atoms with Gasteiger partial charge < -0.3 is 18.9 Å². The second-order valence-corrected chi connectivity index (χ2v) is 9.62. The molecule has 182 valence electrons. The second-order valence-electron chi connectivity index (χ2n) is 7.01. The number of carbonyl (C=O) groups excluding carboxylic acids is 2. The summed E-state index contributed by atoms with van der Waals surface area (Å²) in [6.07, 6.45) is 1.48. The minimum absolute atomic E-state index is 0.0215. The van der Waals surface area contributed by atoms with Gasteiger partial charge in [0.15, 0.2) is 5.58 Å². The Morgan fingerprint density at radius 1 is 1.11 bits per heavy atom. The molecule has 4 aromatic rings. The van der Waals surface area contributed by atoms with Crippen LogP contribution in [0.25, 0.3) is 11.1 Å². The van der Waals surface area contributed by atoms with E-state index in [1.165, 1.54) is 31.6 Å². The zero-order chi connectivity index (χ0) is 24.8. The Hall–Kier alpha value is -3.97. The number of oxazole rings is 1. The third-order valence-corrected chi connectivity index (χ3v) is 6.78. The van der Waals surface area contributed by atoms with Gasteiger partial charge in [-0.1, -0.05) is 23.9 Å². The summed E-state index contributed by atoms with van der Waals surface area (Å²) in [5.74, 6) is 0.234. The van der Waals surface area contributed by atoms with Gasteiger partial charge in [0, 0.05) is 0 Å². The SMILES string of the molecule is COc1ccccc1NS(=O)(=O)c1ccc2oc(SCC(=O)NC(=O)NCc3ccco3)nc2c1. The maximum Gasteiger partial charge on any atom is 0.321 e. The van der Waals surface area contributed by atoms with E-state index in [0.717, 1.165) is 11.8 Å². The van der Waals surface area contributed by atoms with Gasteiger partial charge in [-0.05, 0) is 42.5 Å². The lowest BCUT2D eigenvalue weighted by Gasteiger charge is -2.11. The highest BCUT2D eigenvalue weighted by molar-refractivity contribution is 7.99. The summed E-state index contributed by atoms with van der Waals surface area (Å²) in [7, 11) is -2.48. The zero-order valence-corrected chi connectivity index (χ0v) is 19.9. The lowest BCUT2D eigenvalue weighted by molar-refractivity contribution is -0.117. The normalized spacial score (nSPS) is 11.2. The molecular weight excluding hydrogens is 496 g/mol. The maximum absolute atomic E-state index is 12.8. The molecule has 0 aliphatic rings. The van der Waals surface area contributed by atoms with Gasteiger partial charge in [-0.15, -0.1) is 0 Å². The van der Waals surface area contributed by atoms with Crippen molar-refractivity contribution in [1.82, 2.24) is 15.6 Å². The molecule has 2 aromatic heterocycles. The van der Waals surface area contributed by atoms with Gasteiger partial charge in [0.05, 0.1) is 36.3 Å². The molecule has 2 heterocycles. The Morgan fingerprint density at radius 3 is 2.71 bits per heavy atom. The molecule has 3 amide bonds. The highest BCUT2D eigenvalue weighted by Crippen LogP contribution is 2.29. The number of hydrogen-bond acceptors (Lipinski definition) is 9. The number of carbonyl (C=O) groups is 2. The van der Waals surface area contributed by atoms with Crippen LogP contribution in [0.3, 0.4) is 0 Å². The number of fused-ring (bicyclic) bond motifs is 1. The highest BCUT2D eigenvalue weighted by atomic mass is 32.2. The van der Waals surface area contributed by atoms with Crippen LogP contribution in [-0.4, -0.2) is 38.2 Å². The molecule has 0 aliphatic heterocycles. The van der Waals surface area contributed by atoms with Crippen LogP contribution < -0.4 is 20.1 Å². The molecule has 0 saturated carbocycles. The predicted molar refractivity (Wildman–Crippen MR) is 128 cm³/mol. The van der Waals surface area contributed by atoms with Crippen molar-refractivity contribution in [2.75, 3.05) is 17.6 Å². The Labute approximate surface area is 204 Å². The van der Waals surface area contributed by atoms with Gasteiger partial charge in [-0.25, -0.2) is 18.2 Å². The first kappa shape index (κ1) is 24.2. The van der Waals surface area contributed by atoms with E-state index < -0.39 is 22.0 Å². The van der Waals surface area contributed by atoms with Crippen LogP contribution in [0.4, 0.5) is 10.5 Å².